The Balaban J connectivity index is 2.86. The van der Waals surface area contributed by atoms with Crippen LogP contribution < -0.4 is 4.74 Å². The Hall–Kier alpha value is -1.93. The highest BCUT2D eigenvalue weighted by molar-refractivity contribution is 7.13. The molecule has 0 spiro atoms. The summed E-state index contributed by atoms with van der Waals surface area (Å²) >= 11 is 1.36. The lowest BCUT2D eigenvalue weighted by molar-refractivity contribution is -0.275. The van der Waals surface area contributed by atoms with Crippen LogP contribution in [0.2, 0.25) is 0 Å². The number of aromatic nitrogens is 1. The smallest absolute Gasteiger partial charge is 0.403 e. The molecular formula is C19H23F3N2O2S. The minimum atomic E-state index is -4.90. The number of benzene rings is 1. The molecule has 0 atom stereocenters. The molecule has 4 nitrogen and oxygen atoms in total. The Morgan fingerprint density at radius 3 is 2.48 bits per heavy atom. The summed E-state index contributed by atoms with van der Waals surface area (Å²) in [6.45, 7) is 8.25. The van der Waals surface area contributed by atoms with E-state index in [-0.39, 0.29) is 11.3 Å². The summed E-state index contributed by atoms with van der Waals surface area (Å²) in [7, 11) is 0. The van der Waals surface area contributed by atoms with Crippen LogP contribution in [-0.2, 0) is 5.60 Å². The second-order valence-electron chi connectivity index (χ2n) is 6.82. The molecule has 0 radical (unpaired) electrons. The number of alkyl halides is 3. The molecule has 1 N–H and O–H groups in total. The van der Waals surface area contributed by atoms with Gasteiger partial charge in [-0.05, 0) is 45.7 Å². The fraction of sp³-hybridized carbons (Fsp3) is 0.474. The van der Waals surface area contributed by atoms with Crippen molar-refractivity contribution in [3.05, 3.63) is 28.8 Å². The van der Waals surface area contributed by atoms with Gasteiger partial charge in [0.15, 0.2) is 5.75 Å². The third kappa shape index (κ3) is 5.29. The van der Waals surface area contributed by atoms with E-state index in [2.05, 4.69) is 14.7 Å². The van der Waals surface area contributed by atoms with Gasteiger partial charge in [0, 0.05) is 28.4 Å². The van der Waals surface area contributed by atoms with E-state index in [1.165, 1.54) is 31.3 Å². The van der Waals surface area contributed by atoms with Crippen LogP contribution in [0.4, 0.5) is 18.9 Å². The predicted octanol–water partition coefficient (Wildman–Crippen LogP) is 6.14. The summed E-state index contributed by atoms with van der Waals surface area (Å²) in [6, 6.07) is 1.50. The van der Waals surface area contributed by atoms with Crippen molar-refractivity contribution in [1.29, 1.82) is 0 Å². The zero-order valence-corrected chi connectivity index (χ0v) is 16.8. The van der Waals surface area contributed by atoms with E-state index in [0.717, 1.165) is 6.42 Å². The molecule has 148 valence electrons. The first-order valence-electron chi connectivity index (χ1n) is 8.54. The normalized spacial score (nSPS) is 13.1. The number of aliphatic imine (C=N–C) groups is 1. The predicted molar refractivity (Wildman–Crippen MR) is 102 cm³/mol. The fourth-order valence-corrected chi connectivity index (χ4v) is 3.45. The van der Waals surface area contributed by atoms with E-state index in [0.29, 0.717) is 28.3 Å². The summed E-state index contributed by atoms with van der Waals surface area (Å²) in [5.41, 5.74) is 0.350. The number of hydrogen-bond donors (Lipinski definition) is 1. The topological polar surface area (TPSA) is 54.7 Å². The number of nitrogens with zero attached hydrogens (tertiary/aromatic N) is 2. The maximum Gasteiger partial charge on any atom is 0.573 e. The molecule has 8 heteroatoms. The zero-order chi connectivity index (χ0) is 20.4. The lowest BCUT2D eigenvalue weighted by atomic mass is 9.91. The molecule has 0 aliphatic carbocycles. The lowest BCUT2D eigenvalue weighted by Crippen LogP contribution is -2.23. The molecule has 0 saturated carbocycles. The molecule has 1 heterocycles. The minimum absolute atomic E-state index is 0.0127. The maximum atomic E-state index is 13.1. The molecule has 2 rings (SSSR count). The van der Waals surface area contributed by atoms with Crippen LogP contribution >= 0.6 is 11.3 Å². The molecule has 27 heavy (non-hydrogen) atoms. The molecule has 2 aromatic rings. The Morgan fingerprint density at radius 2 is 2.00 bits per heavy atom. The van der Waals surface area contributed by atoms with Crippen LogP contribution in [0.3, 0.4) is 0 Å². The number of aliphatic hydroxyl groups is 1. The number of thiazole rings is 1. The highest BCUT2D eigenvalue weighted by Gasteiger charge is 2.37. The molecular weight excluding hydrogens is 377 g/mol. The van der Waals surface area contributed by atoms with Crippen molar-refractivity contribution in [1.82, 2.24) is 4.98 Å². The van der Waals surface area contributed by atoms with Gasteiger partial charge >= 0.3 is 6.36 Å². The monoisotopic (exact) mass is 400 g/mol. The zero-order valence-electron chi connectivity index (χ0n) is 15.9. The number of rotatable bonds is 6. The minimum Gasteiger partial charge on any atom is -0.403 e. The van der Waals surface area contributed by atoms with E-state index in [1.54, 1.807) is 25.4 Å². The van der Waals surface area contributed by atoms with Gasteiger partial charge in [0.2, 0.25) is 0 Å². The standard InChI is InChI=1S/C19H23F3N2O2S/c1-6-7-11(2)24-15-12(3)13(17-23-8-9-27-17)10-14(18(4,5)25)16(15)26-19(20,21)22/h8-10,25H,6-7H2,1-5H3/b24-11-. The molecule has 0 aliphatic rings. The second-order valence-corrected chi connectivity index (χ2v) is 7.71. The Labute approximate surface area is 160 Å². The SMILES string of the molecule is CCC/C(C)=N\c1c(C)c(-c2nccs2)cc(C(C)(C)O)c1OC(F)(F)F. The Bertz CT molecular complexity index is 823. The second kappa shape index (κ2) is 7.98. The maximum absolute atomic E-state index is 13.1. The van der Waals surface area contributed by atoms with E-state index in [1.807, 2.05) is 6.92 Å². The van der Waals surface area contributed by atoms with Crippen molar-refractivity contribution in [3.8, 4) is 16.3 Å². The van der Waals surface area contributed by atoms with E-state index >= 15 is 0 Å². The summed E-state index contributed by atoms with van der Waals surface area (Å²) in [4.78, 5) is 8.69. The van der Waals surface area contributed by atoms with Crippen molar-refractivity contribution in [3.63, 3.8) is 0 Å². The number of hydrogen-bond acceptors (Lipinski definition) is 5. The van der Waals surface area contributed by atoms with Crippen LogP contribution in [0.15, 0.2) is 22.6 Å². The fourth-order valence-electron chi connectivity index (χ4n) is 2.74. The van der Waals surface area contributed by atoms with Crippen LogP contribution in [0.1, 0.15) is 51.7 Å². The molecule has 1 aromatic heterocycles. The first-order chi connectivity index (χ1) is 12.4. The van der Waals surface area contributed by atoms with E-state index in [9.17, 15) is 18.3 Å². The molecule has 1 aromatic carbocycles. The molecule has 0 aliphatic heterocycles. The summed E-state index contributed by atoms with van der Waals surface area (Å²) in [5, 5.41) is 13.0. The third-order valence-electron chi connectivity index (χ3n) is 3.96. The van der Waals surface area contributed by atoms with Gasteiger partial charge < -0.3 is 9.84 Å². The quantitative estimate of drug-likeness (QED) is 0.593. The largest absolute Gasteiger partial charge is 0.573 e. The highest BCUT2D eigenvalue weighted by Crippen LogP contribution is 2.47. The van der Waals surface area contributed by atoms with Crippen molar-refractivity contribution in [2.24, 2.45) is 4.99 Å². The summed E-state index contributed by atoms with van der Waals surface area (Å²) in [5.74, 6) is -0.469. The first-order valence-corrected chi connectivity index (χ1v) is 9.42. The van der Waals surface area contributed by atoms with Gasteiger partial charge in [-0.15, -0.1) is 24.5 Å². The van der Waals surface area contributed by atoms with Gasteiger partial charge in [-0.2, -0.15) is 0 Å². The van der Waals surface area contributed by atoms with Gasteiger partial charge in [0.25, 0.3) is 0 Å². The average molecular weight is 400 g/mol. The van der Waals surface area contributed by atoms with Crippen LogP contribution in [-0.4, -0.2) is 22.2 Å². The van der Waals surface area contributed by atoms with Crippen molar-refractivity contribution < 1.29 is 23.0 Å². The van der Waals surface area contributed by atoms with Crippen molar-refractivity contribution in [2.75, 3.05) is 0 Å². The average Bonchev–Trinajstić information content (AvgIpc) is 3.02. The van der Waals surface area contributed by atoms with Crippen molar-refractivity contribution >= 4 is 22.7 Å². The molecule has 0 fully saturated rings. The highest BCUT2D eigenvalue weighted by atomic mass is 32.1. The van der Waals surface area contributed by atoms with Crippen LogP contribution in [0, 0.1) is 6.92 Å². The van der Waals surface area contributed by atoms with Crippen LogP contribution in [0.5, 0.6) is 5.75 Å². The first kappa shape index (κ1) is 21.4. The van der Waals surface area contributed by atoms with Gasteiger partial charge in [-0.25, -0.2) is 4.98 Å². The molecule has 0 amide bonds. The summed E-state index contributed by atoms with van der Waals surface area (Å²) < 4.78 is 43.7. The van der Waals surface area contributed by atoms with E-state index < -0.39 is 17.7 Å². The summed E-state index contributed by atoms with van der Waals surface area (Å²) in [6.07, 6.45) is -1.83. The lowest BCUT2D eigenvalue weighted by Gasteiger charge is -2.26. The van der Waals surface area contributed by atoms with Gasteiger partial charge in [-0.1, -0.05) is 13.3 Å². The Morgan fingerprint density at radius 1 is 1.33 bits per heavy atom. The van der Waals surface area contributed by atoms with Gasteiger partial charge in [0.05, 0.1) is 5.60 Å². The Kier molecular flexibility index (Phi) is 6.32. The number of ether oxygens (including phenoxy) is 1. The third-order valence-corrected chi connectivity index (χ3v) is 4.77. The molecule has 0 saturated heterocycles. The van der Waals surface area contributed by atoms with Crippen LogP contribution in [0.25, 0.3) is 10.6 Å². The molecule has 0 bridgehead atoms. The molecule has 0 unspecified atom stereocenters. The number of halogens is 3. The van der Waals surface area contributed by atoms with Gasteiger partial charge in [0.1, 0.15) is 10.7 Å². The van der Waals surface area contributed by atoms with Gasteiger partial charge in [-0.3, -0.25) is 4.99 Å². The van der Waals surface area contributed by atoms with E-state index in [4.69, 9.17) is 0 Å². The van der Waals surface area contributed by atoms with Crippen molar-refractivity contribution in [2.45, 2.75) is 59.4 Å².